The Hall–Kier alpha value is -1.62. The molecule has 1 amide bonds. The minimum absolute atomic E-state index is 0.253. The average molecular weight is 283 g/mol. The van der Waals surface area contributed by atoms with Gasteiger partial charge in [0.25, 0.3) is 5.91 Å². The molecule has 1 atom stereocenters. The number of likely N-dealkylation sites (tertiary alicyclic amines) is 1. The van der Waals surface area contributed by atoms with Crippen LogP contribution >= 0.6 is 11.6 Å². The summed E-state index contributed by atoms with van der Waals surface area (Å²) >= 11 is 5.84. The molecule has 2 heterocycles. The molecule has 19 heavy (non-hydrogen) atoms. The quantitative estimate of drug-likeness (QED) is 0.795. The predicted octanol–water partition coefficient (Wildman–Crippen LogP) is 1.90. The molecule has 0 aromatic carbocycles. The van der Waals surface area contributed by atoms with Crippen LogP contribution in [0.3, 0.4) is 0 Å². The van der Waals surface area contributed by atoms with Crippen LogP contribution in [0.4, 0.5) is 0 Å². The molecule has 0 radical (unpaired) electrons. The highest BCUT2D eigenvalue weighted by Crippen LogP contribution is 2.21. The summed E-state index contributed by atoms with van der Waals surface area (Å²) in [6, 6.07) is 2.60. The zero-order valence-electron chi connectivity index (χ0n) is 10.6. The van der Waals surface area contributed by atoms with Crippen molar-refractivity contribution in [1.82, 2.24) is 9.88 Å². The van der Waals surface area contributed by atoms with Crippen LogP contribution in [0.25, 0.3) is 0 Å². The summed E-state index contributed by atoms with van der Waals surface area (Å²) in [5.74, 6) is -0.631. The van der Waals surface area contributed by atoms with Crippen molar-refractivity contribution >= 4 is 23.5 Å². The molecule has 0 N–H and O–H groups in total. The molecule has 1 saturated heterocycles. The van der Waals surface area contributed by atoms with Crippen molar-refractivity contribution in [3.05, 3.63) is 29.0 Å². The van der Waals surface area contributed by atoms with E-state index < -0.39 is 6.04 Å². The van der Waals surface area contributed by atoms with E-state index in [-0.39, 0.29) is 17.6 Å². The second-order valence-corrected chi connectivity index (χ2v) is 4.70. The van der Waals surface area contributed by atoms with Gasteiger partial charge in [0.15, 0.2) is 0 Å². The Morgan fingerprint density at radius 1 is 1.58 bits per heavy atom. The summed E-state index contributed by atoms with van der Waals surface area (Å²) in [6.07, 6.45) is 2.89. The highest BCUT2D eigenvalue weighted by atomic mass is 35.5. The van der Waals surface area contributed by atoms with Crippen molar-refractivity contribution in [3.63, 3.8) is 0 Å². The number of pyridine rings is 1. The predicted molar refractivity (Wildman–Crippen MR) is 69.9 cm³/mol. The van der Waals surface area contributed by atoms with Crippen LogP contribution in [-0.4, -0.2) is 41.0 Å². The fraction of sp³-hybridized carbons (Fsp3) is 0.462. The Balaban J connectivity index is 2.16. The maximum Gasteiger partial charge on any atom is 0.328 e. The monoisotopic (exact) mass is 282 g/mol. The van der Waals surface area contributed by atoms with E-state index in [2.05, 4.69) is 4.98 Å². The van der Waals surface area contributed by atoms with Gasteiger partial charge in [-0.2, -0.15) is 0 Å². The first-order valence-electron chi connectivity index (χ1n) is 6.22. The second kappa shape index (κ2) is 6.02. The summed E-state index contributed by atoms with van der Waals surface area (Å²) < 4.78 is 4.99. The van der Waals surface area contributed by atoms with Gasteiger partial charge in [0.05, 0.1) is 6.61 Å². The highest BCUT2D eigenvalue weighted by Gasteiger charge is 2.35. The van der Waals surface area contributed by atoms with Gasteiger partial charge < -0.3 is 9.64 Å². The van der Waals surface area contributed by atoms with Crippen LogP contribution in [0.5, 0.6) is 0 Å². The fourth-order valence-electron chi connectivity index (χ4n) is 2.16. The van der Waals surface area contributed by atoms with E-state index in [0.29, 0.717) is 24.6 Å². The third-order valence-electron chi connectivity index (χ3n) is 3.01. The van der Waals surface area contributed by atoms with Gasteiger partial charge in [-0.1, -0.05) is 11.6 Å². The van der Waals surface area contributed by atoms with Crippen molar-refractivity contribution in [2.75, 3.05) is 13.2 Å². The topological polar surface area (TPSA) is 59.5 Å². The molecule has 1 aromatic heterocycles. The largest absolute Gasteiger partial charge is 0.464 e. The molecule has 0 saturated carbocycles. The maximum atomic E-state index is 12.3. The van der Waals surface area contributed by atoms with E-state index in [1.54, 1.807) is 13.0 Å². The molecule has 1 fully saturated rings. The van der Waals surface area contributed by atoms with E-state index in [1.807, 2.05) is 0 Å². The first kappa shape index (κ1) is 13.8. The van der Waals surface area contributed by atoms with Gasteiger partial charge in [-0.25, -0.2) is 4.79 Å². The van der Waals surface area contributed by atoms with Crippen LogP contribution in [-0.2, 0) is 9.53 Å². The second-order valence-electron chi connectivity index (χ2n) is 4.27. The van der Waals surface area contributed by atoms with E-state index >= 15 is 0 Å². The smallest absolute Gasteiger partial charge is 0.328 e. The average Bonchev–Trinajstić information content (AvgIpc) is 2.87. The van der Waals surface area contributed by atoms with Gasteiger partial charge in [-0.05, 0) is 31.9 Å². The van der Waals surface area contributed by atoms with Crippen LogP contribution in [0, 0.1) is 0 Å². The fourth-order valence-corrected chi connectivity index (χ4v) is 2.32. The molecule has 1 aliphatic heterocycles. The number of nitrogens with zero attached hydrogens (tertiary/aromatic N) is 2. The normalized spacial score (nSPS) is 18.4. The van der Waals surface area contributed by atoms with Gasteiger partial charge >= 0.3 is 5.97 Å². The minimum atomic E-state index is -0.506. The molecule has 1 unspecified atom stereocenters. The number of esters is 1. The van der Waals surface area contributed by atoms with Gasteiger partial charge in [0, 0.05) is 17.8 Å². The first-order chi connectivity index (χ1) is 9.13. The molecular weight excluding hydrogens is 268 g/mol. The molecule has 5 nitrogen and oxygen atoms in total. The van der Waals surface area contributed by atoms with Crippen molar-refractivity contribution < 1.29 is 14.3 Å². The number of hydrogen-bond donors (Lipinski definition) is 0. The lowest BCUT2D eigenvalue weighted by Gasteiger charge is -2.22. The van der Waals surface area contributed by atoms with Crippen molar-refractivity contribution in [3.8, 4) is 0 Å². The molecule has 0 bridgehead atoms. The summed E-state index contributed by atoms with van der Waals surface area (Å²) in [7, 11) is 0. The van der Waals surface area contributed by atoms with E-state index in [9.17, 15) is 9.59 Å². The number of amides is 1. The Morgan fingerprint density at radius 3 is 3.05 bits per heavy atom. The molecule has 1 aliphatic rings. The number of carbonyl (C=O) groups is 2. The summed E-state index contributed by atoms with van der Waals surface area (Å²) in [5.41, 5.74) is 0.253. The number of aromatic nitrogens is 1. The van der Waals surface area contributed by atoms with Crippen LogP contribution in [0.1, 0.15) is 30.3 Å². The molecule has 6 heteroatoms. The van der Waals surface area contributed by atoms with Gasteiger partial charge in [0.1, 0.15) is 11.7 Å². The summed E-state index contributed by atoms with van der Waals surface area (Å²) in [4.78, 5) is 29.6. The minimum Gasteiger partial charge on any atom is -0.464 e. The Kier molecular flexibility index (Phi) is 4.37. The summed E-state index contributed by atoms with van der Waals surface area (Å²) in [5, 5.41) is 0.449. The van der Waals surface area contributed by atoms with Crippen molar-refractivity contribution in [1.29, 1.82) is 0 Å². The van der Waals surface area contributed by atoms with Crippen molar-refractivity contribution in [2.45, 2.75) is 25.8 Å². The molecule has 1 aromatic rings. The van der Waals surface area contributed by atoms with Crippen LogP contribution in [0.2, 0.25) is 5.02 Å². The SMILES string of the molecule is CCOC(=O)C1CCCN1C(=O)c1cc(Cl)ccn1. The van der Waals surface area contributed by atoms with E-state index in [1.165, 1.54) is 17.2 Å². The van der Waals surface area contributed by atoms with E-state index in [4.69, 9.17) is 16.3 Å². The van der Waals surface area contributed by atoms with Gasteiger partial charge in [-0.3, -0.25) is 9.78 Å². The Labute approximate surface area is 116 Å². The lowest BCUT2D eigenvalue weighted by atomic mass is 10.2. The van der Waals surface area contributed by atoms with Crippen LogP contribution < -0.4 is 0 Å². The molecule has 0 spiro atoms. The number of ether oxygens (including phenoxy) is 1. The number of hydrogen-bond acceptors (Lipinski definition) is 4. The lowest BCUT2D eigenvalue weighted by molar-refractivity contribution is -0.147. The zero-order valence-corrected chi connectivity index (χ0v) is 11.4. The number of carbonyl (C=O) groups excluding carboxylic acids is 2. The number of rotatable bonds is 3. The van der Waals surface area contributed by atoms with Gasteiger partial charge in [-0.15, -0.1) is 0 Å². The lowest BCUT2D eigenvalue weighted by Crippen LogP contribution is -2.41. The molecule has 102 valence electrons. The standard InChI is InChI=1S/C13H15ClN2O3/c1-2-19-13(18)11-4-3-7-16(11)12(17)10-8-9(14)5-6-15-10/h5-6,8,11H,2-4,7H2,1H3. The summed E-state index contributed by atoms with van der Waals surface area (Å²) in [6.45, 7) is 2.60. The Morgan fingerprint density at radius 2 is 2.37 bits per heavy atom. The maximum absolute atomic E-state index is 12.3. The van der Waals surface area contributed by atoms with Gasteiger partial charge in [0.2, 0.25) is 0 Å². The van der Waals surface area contributed by atoms with Crippen molar-refractivity contribution in [2.24, 2.45) is 0 Å². The third-order valence-corrected chi connectivity index (χ3v) is 3.25. The third kappa shape index (κ3) is 3.04. The Bertz CT molecular complexity index is 493. The van der Waals surface area contributed by atoms with Crippen LogP contribution in [0.15, 0.2) is 18.3 Å². The zero-order chi connectivity index (χ0) is 13.8. The first-order valence-corrected chi connectivity index (χ1v) is 6.60. The number of halogens is 1. The molecular formula is C13H15ClN2O3. The van der Waals surface area contributed by atoms with E-state index in [0.717, 1.165) is 6.42 Å². The molecule has 2 rings (SSSR count). The molecule has 0 aliphatic carbocycles. The highest BCUT2D eigenvalue weighted by molar-refractivity contribution is 6.30.